The van der Waals surface area contributed by atoms with Crippen molar-refractivity contribution in [3.05, 3.63) is 126 Å². The molecule has 45 heavy (non-hydrogen) atoms. The molecule has 1 atom stereocenters. The van der Waals surface area contributed by atoms with Crippen molar-refractivity contribution in [1.82, 2.24) is 10.2 Å². The number of ether oxygens (including phenoxy) is 1. The molecule has 4 aromatic carbocycles. The molecule has 0 aliphatic carbocycles. The Morgan fingerprint density at radius 1 is 0.844 bits per heavy atom. The monoisotopic (exact) mass is 627 g/mol. The molecule has 0 saturated carbocycles. The third kappa shape index (κ3) is 8.73. The van der Waals surface area contributed by atoms with E-state index in [0.717, 1.165) is 33.8 Å². The Labute approximate surface area is 266 Å². The van der Waals surface area contributed by atoms with Gasteiger partial charge in [-0.2, -0.15) is 0 Å². The van der Waals surface area contributed by atoms with Crippen LogP contribution < -0.4 is 14.4 Å². The first-order valence-corrected chi connectivity index (χ1v) is 16.6. The van der Waals surface area contributed by atoms with Crippen LogP contribution in [0, 0.1) is 6.92 Å². The molecule has 0 bridgehead atoms. The molecule has 9 heteroatoms. The third-order valence-electron chi connectivity index (χ3n) is 7.67. The van der Waals surface area contributed by atoms with Crippen molar-refractivity contribution in [1.29, 1.82) is 0 Å². The highest BCUT2D eigenvalue weighted by Crippen LogP contribution is 2.26. The minimum absolute atomic E-state index is 0.0172. The maximum atomic E-state index is 14.5. The van der Waals surface area contributed by atoms with Gasteiger partial charge in [-0.1, -0.05) is 86.1 Å². The summed E-state index contributed by atoms with van der Waals surface area (Å²) in [5.74, 6) is -0.261. The number of carbonyl (C=O) groups excluding carboxylic acids is 2. The molecule has 2 amide bonds. The summed E-state index contributed by atoms with van der Waals surface area (Å²) in [5.41, 5.74) is 3.06. The summed E-state index contributed by atoms with van der Waals surface area (Å²) >= 11 is 0. The van der Waals surface area contributed by atoms with Crippen LogP contribution in [0.15, 0.2) is 114 Å². The van der Waals surface area contributed by atoms with Crippen LogP contribution in [-0.2, 0) is 32.6 Å². The number of methoxy groups -OCH3 is 1. The highest BCUT2D eigenvalue weighted by atomic mass is 32.2. The molecule has 4 aromatic rings. The van der Waals surface area contributed by atoms with E-state index in [9.17, 15) is 18.0 Å². The second-order valence-electron chi connectivity index (χ2n) is 10.8. The minimum Gasteiger partial charge on any atom is -0.497 e. The van der Waals surface area contributed by atoms with E-state index in [1.807, 2.05) is 68.4 Å². The van der Waals surface area contributed by atoms with E-state index in [-0.39, 0.29) is 23.8 Å². The van der Waals surface area contributed by atoms with Gasteiger partial charge in [-0.25, -0.2) is 8.42 Å². The lowest BCUT2D eigenvalue weighted by Crippen LogP contribution is -2.53. The number of amides is 2. The summed E-state index contributed by atoms with van der Waals surface area (Å²) in [7, 11) is -2.68. The molecular weight excluding hydrogens is 586 g/mol. The molecule has 0 aliphatic heterocycles. The number of nitrogens with one attached hydrogen (secondary N) is 1. The number of nitrogens with zero attached hydrogens (tertiary/aromatic N) is 2. The lowest BCUT2D eigenvalue weighted by Gasteiger charge is -2.34. The lowest BCUT2D eigenvalue weighted by molar-refractivity contribution is -0.140. The van der Waals surface area contributed by atoms with Crippen LogP contribution in [0.25, 0.3) is 0 Å². The highest BCUT2D eigenvalue weighted by molar-refractivity contribution is 7.92. The quantitative estimate of drug-likeness (QED) is 0.169. The summed E-state index contributed by atoms with van der Waals surface area (Å²) in [4.78, 5) is 29.9. The van der Waals surface area contributed by atoms with Crippen molar-refractivity contribution in [3.8, 4) is 5.75 Å². The summed E-state index contributed by atoms with van der Waals surface area (Å²) in [6.07, 6.45) is 1.98. The van der Waals surface area contributed by atoms with Gasteiger partial charge < -0.3 is 15.0 Å². The minimum atomic E-state index is -4.18. The second-order valence-corrected chi connectivity index (χ2v) is 12.7. The van der Waals surface area contributed by atoms with Crippen molar-refractivity contribution in [3.63, 3.8) is 0 Å². The first-order chi connectivity index (χ1) is 21.7. The van der Waals surface area contributed by atoms with E-state index in [1.165, 1.54) is 24.1 Å². The molecule has 236 valence electrons. The number of unbranched alkanes of at least 4 members (excludes halogenated alkanes) is 1. The van der Waals surface area contributed by atoms with Gasteiger partial charge in [0.1, 0.15) is 18.3 Å². The average Bonchev–Trinajstić information content (AvgIpc) is 3.06. The first-order valence-electron chi connectivity index (χ1n) is 15.1. The number of sulfonamides is 1. The fraction of sp³-hybridized carbons (Fsp3) is 0.278. The molecule has 1 N–H and O–H groups in total. The molecule has 0 heterocycles. The maximum absolute atomic E-state index is 14.5. The first kappa shape index (κ1) is 33.3. The van der Waals surface area contributed by atoms with Crippen molar-refractivity contribution in [2.24, 2.45) is 0 Å². The average molecular weight is 628 g/mol. The molecule has 1 unspecified atom stereocenters. The normalized spacial score (nSPS) is 11.8. The Hall–Kier alpha value is -4.63. The van der Waals surface area contributed by atoms with E-state index in [0.29, 0.717) is 18.0 Å². The SMILES string of the molecule is CCCCNC(=O)C(Cc1ccccc1)N(Cc1ccccc1C)C(=O)CN(c1ccccc1)S(=O)(=O)c1ccc(OC)cc1. The van der Waals surface area contributed by atoms with Gasteiger partial charge in [-0.05, 0) is 66.4 Å². The molecule has 8 nitrogen and oxygen atoms in total. The van der Waals surface area contributed by atoms with Crippen molar-refractivity contribution < 1.29 is 22.7 Å². The Morgan fingerprint density at radius 2 is 1.47 bits per heavy atom. The van der Waals surface area contributed by atoms with Gasteiger partial charge in [0.25, 0.3) is 10.0 Å². The number of benzene rings is 4. The molecule has 0 spiro atoms. The Kier molecular flexibility index (Phi) is 11.8. The fourth-order valence-electron chi connectivity index (χ4n) is 5.03. The number of hydrogen-bond acceptors (Lipinski definition) is 5. The molecule has 0 saturated heterocycles. The van der Waals surface area contributed by atoms with Crippen LogP contribution in [0.4, 0.5) is 5.69 Å². The van der Waals surface area contributed by atoms with Crippen molar-refractivity contribution in [2.45, 2.75) is 50.6 Å². The Bertz CT molecular complexity index is 1650. The lowest BCUT2D eigenvalue weighted by atomic mass is 10.0. The predicted octanol–water partition coefficient (Wildman–Crippen LogP) is 5.76. The summed E-state index contributed by atoms with van der Waals surface area (Å²) in [5, 5.41) is 3.02. The Morgan fingerprint density at radius 3 is 2.09 bits per heavy atom. The number of para-hydroxylation sites is 1. The summed E-state index contributed by atoms with van der Waals surface area (Å²) in [6, 6.07) is 30.9. The molecule has 0 fully saturated rings. The van der Waals surface area contributed by atoms with Gasteiger partial charge in [-0.3, -0.25) is 13.9 Å². The molecule has 0 aliphatic rings. The van der Waals surface area contributed by atoms with Gasteiger partial charge >= 0.3 is 0 Å². The molecule has 0 radical (unpaired) electrons. The number of anilines is 1. The smallest absolute Gasteiger partial charge is 0.264 e. The van der Waals surface area contributed by atoms with Crippen molar-refractivity contribution in [2.75, 3.05) is 24.5 Å². The number of rotatable bonds is 15. The van der Waals surface area contributed by atoms with E-state index >= 15 is 0 Å². The van der Waals surface area contributed by atoms with Gasteiger partial charge in [0.05, 0.1) is 17.7 Å². The predicted molar refractivity (Wildman–Crippen MR) is 178 cm³/mol. The van der Waals surface area contributed by atoms with Crippen LogP contribution in [-0.4, -0.2) is 51.4 Å². The number of hydrogen-bond donors (Lipinski definition) is 1. The maximum Gasteiger partial charge on any atom is 0.264 e. The second kappa shape index (κ2) is 15.9. The zero-order chi connectivity index (χ0) is 32.2. The topological polar surface area (TPSA) is 96.0 Å². The van der Waals surface area contributed by atoms with Gasteiger partial charge in [-0.15, -0.1) is 0 Å². The van der Waals surface area contributed by atoms with E-state index in [2.05, 4.69) is 5.32 Å². The van der Waals surface area contributed by atoms with Crippen LogP contribution in [0.5, 0.6) is 5.75 Å². The molecule has 4 rings (SSSR count). The fourth-order valence-corrected chi connectivity index (χ4v) is 6.44. The zero-order valence-corrected chi connectivity index (χ0v) is 26.9. The summed E-state index contributed by atoms with van der Waals surface area (Å²) in [6.45, 7) is 4.11. The highest BCUT2D eigenvalue weighted by Gasteiger charge is 2.34. The van der Waals surface area contributed by atoms with Crippen molar-refractivity contribution >= 4 is 27.5 Å². The van der Waals surface area contributed by atoms with Gasteiger partial charge in [0.2, 0.25) is 11.8 Å². The third-order valence-corrected chi connectivity index (χ3v) is 9.46. The van der Waals surface area contributed by atoms with Gasteiger partial charge in [0, 0.05) is 19.5 Å². The van der Waals surface area contributed by atoms with E-state index < -0.39 is 28.5 Å². The van der Waals surface area contributed by atoms with Crippen LogP contribution in [0.1, 0.15) is 36.5 Å². The van der Waals surface area contributed by atoms with Gasteiger partial charge in [0.15, 0.2) is 0 Å². The Balaban J connectivity index is 1.77. The van der Waals surface area contributed by atoms with Crippen LogP contribution >= 0.6 is 0 Å². The van der Waals surface area contributed by atoms with Crippen LogP contribution in [0.2, 0.25) is 0 Å². The zero-order valence-electron chi connectivity index (χ0n) is 26.1. The molecule has 0 aromatic heterocycles. The standard InChI is InChI=1S/C36H41N3O5S/c1-4-5-24-37-36(41)34(25-29-15-8-6-9-16-29)38(26-30-17-13-12-14-28(30)2)35(40)27-39(31-18-10-7-11-19-31)45(42,43)33-22-20-32(44-3)21-23-33/h6-23,34H,4-5,24-27H2,1-3H3,(H,37,41). The number of carbonyl (C=O) groups is 2. The largest absolute Gasteiger partial charge is 0.497 e. The van der Waals surface area contributed by atoms with Crippen LogP contribution in [0.3, 0.4) is 0 Å². The van der Waals surface area contributed by atoms with E-state index in [1.54, 1.807) is 42.5 Å². The summed E-state index contributed by atoms with van der Waals surface area (Å²) < 4.78 is 34.5. The van der Waals surface area contributed by atoms with E-state index in [4.69, 9.17) is 4.74 Å². The number of aryl methyl sites for hydroxylation is 1. The molecular formula is C36H41N3O5S.